The van der Waals surface area contributed by atoms with Crippen LogP contribution >= 0.6 is 0 Å². The molecule has 3 aliphatic heterocycles. The summed E-state index contributed by atoms with van der Waals surface area (Å²) in [6.07, 6.45) is 7.60. The summed E-state index contributed by atoms with van der Waals surface area (Å²) in [6.45, 7) is 7.99. The van der Waals surface area contributed by atoms with Gasteiger partial charge in [0.25, 0.3) is 0 Å². The molecule has 12 heteroatoms. The lowest BCUT2D eigenvalue weighted by molar-refractivity contribution is -0.153. The Morgan fingerprint density at radius 3 is 2.13 bits per heavy atom. The van der Waals surface area contributed by atoms with E-state index >= 15 is 0 Å². The minimum Gasteiger partial charge on any atom is -0.493 e. The average Bonchev–Trinajstić information content (AvgIpc) is 3.24. The lowest BCUT2D eigenvalue weighted by atomic mass is 9.58. The predicted octanol–water partition coefficient (Wildman–Crippen LogP) is 4.69. The van der Waals surface area contributed by atoms with Crippen molar-refractivity contribution in [3.63, 3.8) is 0 Å². The maximum absolute atomic E-state index is 14.8. The van der Waals surface area contributed by atoms with Gasteiger partial charge in [-0.25, -0.2) is 0 Å². The van der Waals surface area contributed by atoms with E-state index in [0.29, 0.717) is 81.3 Å². The van der Waals surface area contributed by atoms with Gasteiger partial charge >= 0.3 is 0 Å². The van der Waals surface area contributed by atoms with E-state index in [0.717, 1.165) is 43.9 Å². The number of fused-ring (bicyclic) bond motifs is 3. The maximum atomic E-state index is 14.8. The Balaban J connectivity index is 1.36. The van der Waals surface area contributed by atoms with Crippen LogP contribution in [0.3, 0.4) is 0 Å². The first-order valence-corrected chi connectivity index (χ1v) is 19.9. The van der Waals surface area contributed by atoms with Crippen LogP contribution in [0.15, 0.2) is 48.8 Å². The second-order valence-corrected chi connectivity index (χ2v) is 15.3. The third-order valence-corrected chi connectivity index (χ3v) is 12.9. The van der Waals surface area contributed by atoms with Gasteiger partial charge in [0.1, 0.15) is 0 Å². The summed E-state index contributed by atoms with van der Waals surface area (Å²) in [5, 5.41) is 3.21. The zero-order valence-electron chi connectivity index (χ0n) is 33.4. The number of nitrogens with zero attached hydrogens (tertiary/aromatic N) is 5. The van der Waals surface area contributed by atoms with Gasteiger partial charge in [-0.05, 0) is 104 Å². The summed E-state index contributed by atoms with van der Waals surface area (Å²) >= 11 is 0. The summed E-state index contributed by atoms with van der Waals surface area (Å²) in [7, 11) is 8.60. The number of rotatable bonds is 11. The van der Waals surface area contributed by atoms with E-state index in [1.54, 1.807) is 28.4 Å². The number of aromatic nitrogens is 1. The summed E-state index contributed by atoms with van der Waals surface area (Å²) in [6, 6.07) is 12.5. The molecule has 1 spiro atoms. The van der Waals surface area contributed by atoms with E-state index in [9.17, 15) is 9.59 Å². The van der Waals surface area contributed by atoms with Gasteiger partial charge in [-0.2, -0.15) is 0 Å². The molecule has 4 heterocycles. The Labute approximate surface area is 326 Å². The summed E-state index contributed by atoms with van der Waals surface area (Å²) in [5.74, 6) is 2.77. The third-order valence-electron chi connectivity index (χ3n) is 12.9. The number of hydrogen-bond acceptors (Lipinski definition) is 10. The number of piperazine rings is 1. The molecule has 4 atom stereocenters. The van der Waals surface area contributed by atoms with Gasteiger partial charge in [0.2, 0.25) is 11.8 Å². The van der Waals surface area contributed by atoms with Crippen LogP contribution in [0.2, 0.25) is 0 Å². The minimum atomic E-state index is -0.700. The fourth-order valence-electron chi connectivity index (χ4n) is 10.2. The fraction of sp³-hybridized carbons (Fsp3) is 0.558. The van der Waals surface area contributed by atoms with Crippen molar-refractivity contribution in [1.82, 2.24) is 25.0 Å². The first-order chi connectivity index (χ1) is 26.8. The van der Waals surface area contributed by atoms with Crippen LogP contribution in [-0.2, 0) is 28.0 Å². The monoisotopic (exact) mass is 754 g/mol. The number of carbonyl (C=O) groups excluding carboxylic acids is 2. The number of pyridine rings is 1. The second-order valence-electron chi connectivity index (χ2n) is 15.3. The lowest BCUT2D eigenvalue weighted by Gasteiger charge is -2.59. The van der Waals surface area contributed by atoms with Crippen LogP contribution < -0.4 is 29.2 Å². The highest BCUT2D eigenvalue weighted by molar-refractivity contribution is 5.81. The number of benzene rings is 2. The molecular formula is C43H58N6O6. The van der Waals surface area contributed by atoms with Crippen molar-refractivity contribution >= 4 is 17.5 Å². The number of anilines is 1. The second kappa shape index (κ2) is 16.7. The van der Waals surface area contributed by atoms with E-state index in [4.69, 9.17) is 18.9 Å². The zero-order valence-corrected chi connectivity index (χ0v) is 33.4. The third kappa shape index (κ3) is 7.07. The molecule has 55 heavy (non-hydrogen) atoms. The number of likely N-dealkylation sites (N-methyl/N-ethyl adjacent to an activating group) is 1. The van der Waals surface area contributed by atoms with Crippen molar-refractivity contribution in [2.75, 3.05) is 92.7 Å². The highest BCUT2D eigenvalue weighted by atomic mass is 16.5. The van der Waals surface area contributed by atoms with Gasteiger partial charge in [0.15, 0.2) is 23.0 Å². The number of nitrogens with one attached hydrogen (secondary N) is 1. The predicted molar refractivity (Wildman–Crippen MR) is 212 cm³/mol. The van der Waals surface area contributed by atoms with Gasteiger partial charge in [-0.15, -0.1) is 0 Å². The maximum Gasteiger partial charge on any atom is 0.225 e. The topological polar surface area (TPSA) is 109 Å². The molecule has 2 aromatic carbocycles. The van der Waals surface area contributed by atoms with Gasteiger partial charge in [-0.3, -0.25) is 19.5 Å². The molecule has 4 unspecified atom stereocenters. The highest BCUT2D eigenvalue weighted by Gasteiger charge is 2.58. The lowest BCUT2D eigenvalue weighted by Crippen LogP contribution is -2.63. The molecule has 2 fully saturated rings. The molecule has 0 bridgehead atoms. The van der Waals surface area contributed by atoms with Crippen molar-refractivity contribution in [1.29, 1.82) is 0 Å². The van der Waals surface area contributed by atoms with Crippen LogP contribution in [0, 0.1) is 11.8 Å². The molecule has 4 aliphatic rings. The van der Waals surface area contributed by atoms with E-state index in [-0.39, 0.29) is 29.7 Å². The van der Waals surface area contributed by atoms with Crippen LogP contribution in [0.5, 0.6) is 23.0 Å². The molecule has 1 aliphatic carbocycles. The molecule has 0 radical (unpaired) electrons. The SMILES string of the molecule is CCN1CCc2cc(OC)c(OC)cc2C1C1CC(C(=O)N2CCN(c3ccncc3)CC2)CCC12c1cc(OC)c(OC)cc1CCN2C(=O)CCNC. The Kier molecular flexibility index (Phi) is 11.7. The summed E-state index contributed by atoms with van der Waals surface area (Å²) < 4.78 is 23.5. The fourth-order valence-corrected chi connectivity index (χ4v) is 10.2. The van der Waals surface area contributed by atoms with E-state index in [1.165, 1.54) is 16.7 Å². The van der Waals surface area contributed by atoms with E-state index in [2.05, 4.69) is 61.1 Å². The normalized spacial score (nSPS) is 23.9. The number of ether oxygens (including phenoxy) is 4. The van der Waals surface area contributed by atoms with Crippen LogP contribution in [0.1, 0.15) is 60.9 Å². The minimum absolute atomic E-state index is 0.0914. The Hall–Kier alpha value is -4.55. The molecule has 1 saturated heterocycles. The number of methoxy groups -OCH3 is 4. The first kappa shape index (κ1) is 38.7. The number of hydrogen-bond donors (Lipinski definition) is 1. The van der Waals surface area contributed by atoms with Crippen molar-refractivity contribution in [3.05, 3.63) is 71.0 Å². The molecule has 296 valence electrons. The average molecular weight is 755 g/mol. The van der Waals surface area contributed by atoms with Crippen LogP contribution in [-0.4, -0.2) is 119 Å². The van der Waals surface area contributed by atoms with Crippen LogP contribution in [0.25, 0.3) is 0 Å². The highest BCUT2D eigenvalue weighted by Crippen LogP contribution is 2.59. The van der Waals surface area contributed by atoms with Crippen LogP contribution in [0.4, 0.5) is 5.69 Å². The first-order valence-electron chi connectivity index (χ1n) is 19.9. The van der Waals surface area contributed by atoms with Gasteiger partial charge in [0.05, 0.1) is 34.0 Å². The molecule has 3 aromatic rings. The van der Waals surface area contributed by atoms with Crippen molar-refractivity contribution in [3.8, 4) is 23.0 Å². The Morgan fingerprint density at radius 2 is 1.47 bits per heavy atom. The number of amides is 2. The Morgan fingerprint density at radius 1 is 0.836 bits per heavy atom. The summed E-state index contributed by atoms with van der Waals surface area (Å²) in [4.78, 5) is 42.8. The van der Waals surface area contributed by atoms with E-state index < -0.39 is 5.54 Å². The van der Waals surface area contributed by atoms with Gasteiger partial charge < -0.3 is 39.0 Å². The van der Waals surface area contributed by atoms with Gasteiger partial charge in [0, 0.05) is 88.2 Å². The van der Waals surface area contributed by atoms with Crippen molar-refractivity contribution < 1.29 is 28.5 Å². The molecule has 1 N–H and O–H groups in total. The summed E-state index contributed by atoms with van der Waals surface area (Å²) in [5.41, 5.74) is 5.12. The van der Waals surface area contributed by atoms with Crippen molar-refractivity contribution in [2.45, 2.75) is 57.0 Å². The molecular weight excluding hydrogens is 697 g/mol. The molecule has 1 aromatic heterocycles. The zero-order chi connectivity index (χ0) is 38.7. The largest absolute Gasteiger partial charge is 0.493 e. The van der Waals surface area contributed by atoms with E-state index in [1.807, 2.05) is 31.6 Å². The standard InChI is InChI=1S/C43H58N6O6/c1-7-46-18-12-29-25-36(52-3)38(54-5)27-33(29)41(46)35-24-31(42(51)48-22-20-47(21-23-48)32-9-16-45-17-10-32)8-14-43(35)34-28-39(55-6)37(53-4)26-30(34)13-19-49(43)40(50)11-15-44-2/h9-10,16-17,25-28,31,35,41,44H,7-8,11-15,18-24H2,1-6H3. The molecule has 12 nitrogen and oxygen atoms in total. The van der Waals surface area contributed by atoms with Gasteiger partial charge in [-0.1, -0.05) is 6.92 Å². The molecule has 2 amide bonds. The smallest absolute Gasteiger partial charge is 0.225 e. The molecule has 7 rings (SSSR count). The Bertz CT molecular complexity index is 1830. The molecule has 1 saturated carbocycles. The quantitative estimate of drug-likeness (QED) is 0.297. The number of carbonyl (C=O) groups is 2. The van der Waals surface area contributed by atoms with Crippen molar-refractivity contribution in [2.24, 2.45) is 11.8 Å².